The van der Waals surface area contributed by atoms with Crippen molar-refractivity contribution in [2.45, 2.75) is 39.5 Å². The smallest absolute Gasteiger partial charge is 0.323 e. The summed E-state index contributed by atoms with van der Waals surface area (Å²) in [5.41, 5.74) is 8.61. The molecule has 3 heteroatoms. The zero-order valence-electron chi connectivity index (χ0n) is 9.44. The van der Waals surface area contributed by atoms with Crippen LogP contribution in [0.2, 0.25) is 0 Å². The van der Waals surface area contributed by atoms with E-state index in [9.17, 15) is 4.79 Å². The Labute approximate surface area is 90.5 Å². The van der Waals surface area contributed by atoms with E-state index in [1.54, 1.807) is 0 Å². The predicted molar refractivity (Wildman–Crippen MR) is 57.4 cm³/mol. The van der Waals surface area contributed by atoms with Crippen molar-refractivity contribution in [1.82, 2.24) is 0 Å². The van der Waals surface area contributed by atoms with Crippen LogP contribution in [-0.2, 0) is 4.79 Å². The summed E-state index contributed by atoms with van der Waals surface area (Å²) < 4.78 is 0. The lowest BCUT2D eigenvalue weighted by Gasteiger charge is -2.37. The highest BCUT2D eigenvalue weighted by Gasteiger charge is 2.52. The highest BCUT2D eigenvalue weighted by molar-refractivity contribution is 6.25. The standard InChI is InChI=1S/C12H18N2O/c1-12(2)9-4-3-8(5-9)11(12)6-10(15)7-14-13/h7-9,11H,3-6H2,1-2H3/t8-,9+,11-/m1/s1. The monoisotopic (exact) mass is 206 g/mol. The van der Waals surface area contributed by atoms with Gasteiger partial charge in [0, 0.05) is 6.42 Å². The summed E-state index contributed by atoms with van der Waals surface area (Å²) in [5.74, 6) is 1.97. The molecule has 0 radical (unpaired) electrons. The highest BCUT2D eigenvalue weighted by atomic mass is 16.1. The largest absolute Gasteiger partial charge is 0.361 e. The molecule has 82 valence electrons. The van der Waals surface area contributed by atoms with Gasteiger partial charge in [-0.1, -0.05) is 13.8 Å². The molecule has 3 atom stereocenters. The van der Waals surface area contributed by atoms with Crippen LogP contribution < -0.4 is 0 Å². The first-order valence-corrected chi connectivity index (χ1v) is 5.76. The zero-order chi connectivity index (χ0) is 11.1. The molecule has 0 aromatic heterocycles. The Hall–Kier alpha value is -0.950. The molecule has 0 aliphatic heterocycles. The third-order valence-corrected chi connectivity index (χ3v) is 4.67. The van der Waals surface area contributed by atoms with E-state index in [1.165, 1.54) is 19.3 Å². The molecule has 3 nitrogen and oxygen atoms in total. The Kier molecular flexibility index (Phi) is 2.51. The van der Waals surface area contributed by atoms with Gasteiger partial charge in [0.05, 0.1) is 0 Å². The number of hydrogen-bond acceptors (Lipinski definition) is 1. The number of rotatable bonds is 3. The van der Waals surface area contributed by atoms with E-state index >= 15 is 0 Å². The molecule has 0 aromatic carbocycles. The molecule has 2 fully saturated rings. The summed E-state index contributed by atoms with van der Waals surface area (Å²) in [7, 11) is 0. The molecule has 2 saturated carbocycles. The number of hydrogen-bond donors (Lipinski definition) is 0. The highest BCUT2D eigenvalue weighted by Crippen LogP contribution is 2.60. The zero-order valence-corrected chi connectivity index (χ0v) is 9.44. The van der Waals surface area contributed by atoms with Crippen molar-refractivity contribution in [1.29, 1.82) is 0 Å². The molecule has 0 unspecified atom stereocenters. The second-order valence-electron chi connectivity index (χ2n) is 5.61. The average Bonchev–Trinajstić information content (AvgIpc) is 2.69. The SMILES string of the molecule is CC1(C)[C@H]2CC[C@H](C2)[C@H]1CC(=O)C=[N+]=[N-]. The molecule has 0 heterocycles. The third kappa shape index (κ3) is 1.65. The maximum absolute atomic E-state index is 11.5. The van der Waals surface area contributed by atoms with Crippen molar-refractivity contribution < 1.29 is 9.58 Å². The summed E-state index contributed by atoms with van der Waals surface area (Å²) in [5, 5.41) is 0. The summed E-state index contributed by atoms with van der Waals surface area (Å²) in [4.78, 5) is 14.3. The van der Waals surface area contributed by atoms with Crippen LogP contribution in [0.3, 0.4) is 0 Å². The Morgan fingerprint density at radius 2 is 2.27 bits per heavy atom. The molecular formula is C12H18N2O. The van der Waals surface area contributed by atoms with Crippen molar-refractivity contribution >= 4 is 12.0 Å². The van der Waals surface area contributed by atoms with Gasteiger partial charge in [0.15, 0.2) is 0 Å². The van der Waals surface area contributed by atoms with Gasteiger partial charge in [0.2, 0.25) is 5.78 Å². The van der Waals surface area contributed by atoms with E-state index < -0.39 is 0 Å². The van der Waals surface area contributed by atoms with E-state index in [0.717, 1.165) is 18.1 Å². The normalized spacial score (nSPS) is 36.3. The minimum absolute atomic E-state index is 0.0388. The van der Waals surface area contributed by atoms with Crippen LogP contribution in [0.4, 0.5) is 0 Å². The lowest BCUT2D eigenvalue weighted by molar-refractivity contribution is -0.118. The quantitative estimate of drug-likeness (QED) is 0.397. The number of nitrogens with zero attached hydrogens (tertiary/aromatic N) is 2. The number of Topliss-reactive ketones (excluding diaryl/α,β-unsaturated/α-hetero) is 1. The number of fused-ring (bicyclic) bond motifs is 2. The Bertz CT molecular complexity index is 329. The average molecular weight is 206 g/mol. The lowest BCUT2D eigenvalue weighted by Crippen LogP contribution is -2.32. The first kappa shape index (κ1) is 10.6. The van der Waals surface area contributed by atoms with Gasteiger partial charge in [-0.05, 0) is 42.4 Å². The van der Waals surface area contributed by atoms with Gasteiger partial charge in [-0.2, -0.15) is 4.79 Å². The molecule has 0 N–H and O–H groups in total. The summed E-state index contributed by atoms with van der Waals surface area (Å²) in [6.07, 6.45) is 5.50. The van der Waals surface area contributed by atoms with E-state index in [-0.39, 0.29) is 5.78 Å². The van der Waals surface area contributed by atoms with Crippen molar-refractivity contribution in [2.75, 3.05) is 0 Å². The predicted octanol–water partition coefficient (Wildman–Crippen LogP) is 2.32. The summed E-state index contributed by atoms with van der Waals surface area (Å²) in [6, 6.07) is 0. The van der Waals surface area contributed by atoms with E-state index in [1.807, 2.05) is 0 Å². The topological polar surface area (TPSA) is 53.5 Å². The van der Waals surface area contributed by atoms with Crippen LogP contribution in [0, 0.1) is 23.2 Å². The Balaban J connectivity index is 2.09. The van der Waals surface area contributed by atoms with Crippen molar-refractivity contribution in [3.8, 4) is 0 Å². The van der Waals surface area contributed by atoms with Gasteiger partial charge in [-0.15, -0.1) is 0 Å². The molecule has 2 bridgehead atoms. The van der Waals surface area contributed by atoms with Crippen LogP contribution in [-0.4, -0.2) is 16.8 Å². The van der Waals surface area contributed by atoms with Gasteiger partial charge in [-0.25, -0.2) is 0 Å². The molecule has 2 aliphatic carbocycles. The Morgan fingerprint density at radius 1 is 1.53 bits per heavy atom. The first-order valence-electron chi connectivity index (χ1n) is 5.76. The lowest BCUT2D eigenvalue weighted by atomic mass is 9.67. The van der Waals surface area contributed by atoms with E-state index in [4.69, 9.17) is 5.53 Å². The van der Waals surface area contributed by atoms with E-state index in [0.29, 0.717) is 17.8 Å². The second kappa shape index (κ2) is 3.57. The summed E-state index contributed by atoms with van der Waals surface area (Å²) in [6.45, 7) is 4.57. The van der Waals surface area contributed by atoms with Crippen LogP contribution in [0.5, 0.6) is 0 Å². The van der Waals surface area contributed by atoms with Crippen LogP contribution >= 0.6 is 0 Å². The van der Waals surface area contributed by atoms with Gasteiger partial charge in [0.1, 0.15) is 0 Å². The van der Waals surface area contributed by atoms with Gasteiger partial charge >= 0.3 is 6.21 Å². The van der Waals surface area contributed by atoms with E-state index in [2.05, 4.69) is 18.6 Å². The number of carbonyl (C=O) groups is 1. The first-order chi connectivity index (χ1) is 7.05. The number of ketones is 1. The molecule has 0 saturated heterocycles. The van der Waals surface area contributed by atoms with Gasteiger partial charge in [0.25, 0.3) is 0 Å². The molecule has 0 aromatic rings. The summed E-state index contributed by atoms with van der Waals surface area (Å²) >= 11 is 0. The van der Waals surface area contributed by atoms with Crippen molar-refractivity contribution in [3.05, 3.63) is 5.53 Å². The molecule has 15 heavy (non-hydrogen) atoms. The van der Waals surface area contributed by atoms with Crippen molar-refractivity contribution in [2.24, 2.45) is 23.2 Å². The molecule has 2 rings (SSSR count). The Morgan fingerprint density at radius 3 is 2.80 bits per heavy atom. The minimum Gasteiger partial charge on any atom is -0.361 e. The maximum atomic E-state index is 11.5. The van der Waals surface area contributed by atoms with Crippen LogP contribution in [0.1, 0.15) is 39.5 Å². The molecule has 0 spiro atoms. The van der Waals surface area contributed by atoms with Gasteiger partial charge < -0.3 is 5.53 Å². The van der Waals surface area contributed by atoms with Crippen LogP contribution in [0.25, 0.3) is 5.53 Å². The number of carbonyl (C=O) groups excluding carboxylic acids is 1. The van der Waals surface area contributed by atoms with Crippen molar-refractivity contribution in [3.63, 3.8) is 0 Å². The molecule has 0 amide bonds. The maximum Gasteiger partial charge on any atom is 0.323 e. The fourth-order valence-electron chi connectivity index (χ4n) is 3.73. The molecular weight excluding hydrogens is 188 g/mol. The van der Waals surface area contributed by atoms with Crippen LogP contribution in [0.15, 0.2) is 0 Å². The van der Waals surface area contributed by atoms with Gasteiger partial charge in [-0.3, -0.25) is 4.79 Å². The minimum atomic E-state index is -0.0388. The fourth-order valence-corrected chi connectivity index (χ4v) is 3.73. The fraction of sp³-hybridized carbons (Fsp3) is 0.833. The third-order valence-electron chi connectivity index (χ3n) is 4.67. The molecule has 2 aliphatic rings. The second-order valence-corrected chi connectivity index (χ2v) is 5.61.